The number of carbonyl (C=O) groups excluding carboxylic acids is 1. The lowest BCUT2D eigenvalue weighted by Gasteiger charge is -2.19. The minimum Gasteiger partial charge on any atom is -0.372 e. The van der Waals surface area contributed by atoms with Gasteiger partial charge in [0.25, 0.3) is 0 Å². The third-order valence-corrected chi connectivity index (χ3v) is 2.73. The normalized spacial score (nSPS) is 14.3. The fourth-order valence-electron chi connectivity index (χ4n) is 1.58. The van der Waals surface area contributed by atoms with Gasteiger partial charge in [-0.05, 0) is 18.9 Å². The Morgan fingerprint density at radius 2 is 2.00 bits per heavy atom. The first-order valence-electron chi connectivity index (χ1n) is 6.09. The molecule has 0 unspecified atom stereocenters. The van der Waals surface area contributed by atoms with E-state index >= 15 is 0 Å². The zero-order chi connectivity index (χ0) is 12.7. The molecule has 0 bridgehead atoms. The smallest absolute Gasteiger partial charge is 0.152 e. The Bertz CT molecular complexity index is 337. The second kappa shape index (κ2) is 7.20. The number of ether oxygens (including phenoxy) is 1. The number of hydrogen-bond acceptors (Lipinski definition) is 3. The summed E-state index contributed by atoms with van der Waals surface area (Å²) in [5.41, 5.74) is 6.93. The van der Waals surface area contributed by atoms with Gasteiger partial charge in [-0.15, -0.1) is 0 Å². The van der Waals surface area contributed by atoms with Crippen LogP contribution in [0.2, 0.25) is 0 Å². The van der Waals surface area contributed by atoms with E-state index in [-0.39, 0.29) is 11.9 Å². The average molecular weight is 235 g/mol. The molecule has 0 aliphatic carbocycles. The molecule has 3 heteroatoms. The molecule has 0 aliphatic rings. The van der Waals surface area contributed by atoms with Gasteiger partial charge in [-0.3, -0.25) is 4.79 Å². The molecule has 2 N–H and O–H groups in total. The Labute approximate surface area is 103 Å². The highest BCUT2D eigenvalue weighted by Gasteiger charge is 2.20. The maximum absolute atomic E-state index is 11.6. The van der Waals surface area contributed by atoms with Gasteiger partial charge < -0.3 is 10.5 Å². The highest BCUT2D eigenvalue weighted by Crippen LogP contribution is 2.07. The lowest BCUT2D eigenvalue weighted by molar-refractivity contribution is -0.123. The third-order valence-electron chi connectivity index (χ3n) is 2.73. The maximum Gasteiger partial charge on any atom is 0.152 e. The monoisotopic (exact) mass is 235 g/mol. The van der Waals surface area contributed by atoms with Crippen molar-refractivity contribution in [1.82, 2.24) is 0 Å². The van der Waals surface area contributed by atoms with Crippen LogP contribution >= 0.6 is 0 Å². The van der Waals surface area contributed by atoms with Crippen LogP contribution in [0.4, 0.5) is 0 Å². The van der Waals surface area contributed by atoms with Gasteiger partial charge in [0, 0.05) is 6.42 Å². The number of carbonyl (C=O) groups is 1. The van der Waals surface area contributed by atoms with Crippen LogP contribution in [0.15, 0.2) is 30.3 Å². The topological polar surface area (TPSA) is 52.3 Å². The number of rotatable bonds is 7. The summed E-state index contributed by atoms with van der Waals surface area (Å²) in [4.78, 5) is 11.6. The minimum atomic E-state index is -0.515. The van der Waals surface area contributed by atoms with E-state index in [9.17, 15) is 4.79 Å². The van der Waals surface area contributed by atoms with Gasteiger partial charge in [0.1, 0.15) is 0 Å². The molecule has 0 amide bonds. The molecule has 1 aromatic rings. The van der Waals surface area contributed by atoms with Gasteiger partial charge in [0.15, 0.2) is 5.78 Å². The number of benzene rings is 1. The zero-order valence-electron chi connectivity index (χ0n) is 10.6. The largest absolute Gasteiger partial charge is 0.372 e. The van der Waals surface area contributed by atoms with Gasteiger partial charge in [-0.2, -0.15) is 0 Å². The molecule has 17 heavy (non-hydrogen) atoms. The molecule has 0 fully saturated rings. The molecular weight excluding hydrogens is 214 g/mol. The maximum atomic E-state index is 11.6. The summed E-state index contributed by atoms with van der Waals surface area (Å²) < 4.78 is 5.61. The van der Waals surface area contributed by atoms with E-state index in [1.54, 1.807) is 0 Å². The fraction of sp³-hybridized carbons (Fsp3) is 0.500. The van der Waals surface area contributed by atoms with Crippen LogP contribution in [0.25, 0.3) is 0 Å². The van der Waals surface area contributed by atoms with Crippen LogP contribution < -0.4 is 5.73 Å². The highest BCUT2D eigenvalue weighted by molar-refractivity contribution is 5.84. The molecule has 1 aromatic carbocycles. The number of hydrogen-bond donors (Lipinski definition) is 1. The summed E-state index contributed by atoms with van der Waals surface area (Å²) in [6, 6.07) is 9.36. The van der Waals surface area contributed by atoms with Gasteiger partial charge >= 0.3 is 0 Å². The highest BCUT2D eigenvalue weighted by atomic mass is 16.5. The molecule has 0 spiro atoms. The van der Waals surface area contributed by atoms with E-state index in [1.165, 1.54) is 0 Å². The van der Waals surface area contributed by atoms with Crippen molar-refractivity contribution in [3.63, 3.8) is 0 Å². The number of nitrogens with two attached hydrogens (primary N) is 1. The fourth-order valence-corrected chi connectivity index (χ4v) is 1.58. The second-order valence-corrected chi connectivity index (χ2v) is 4.24. The molecule has 0 aromatic heterocycles. The summed E-state index contributed by atoms with van der Waals surface area (Å²) >= 11 is 0. The molecule has 0 saturated heterocycles. The Hall–Kier alpha value is -1.19. The molecule has 94 valence electrons. The van der Waals surface area contributed by atoms with Crippen molar-refractivity contribution >= 4 is 5.78 Å². The summed E-state index contributed by atoms with van der Waals surface area (Å²) in [7, 11) is 0. The van der Waals surface area contributed by atoms with E-state index in [2.05, 4.69) is 0 Å². The zero-order valence-corrected chi connectivity index (χ0v) is 10.6. The van der Waals surface area contributed by atoms with E-state index in [0.717, 1.165) is 12.0 Å². The first-order valence-corrected chi connectivity index (χ1v) is 6.09. The Kier molecular flexibility index (Phi) is 5.87. The molecule has 0 radical (unpaired) electrons. The van der Waals surface area contributed by atoms with Crippen molar-refractivity contribution in [3.8, 4) is 0 Å². The first kappa shape index (κ1) is 13.9. The molecule has 3 nitrogen and oxygen atoms in total. The predicted octanol–water partition coefficient (Wildman–Crippen LogP) is 2.29. The van der Waals surface area contributed by atoms with Crippen LogP contribution in [0.3, 0.4) is 0 Å². The summed E-state index contributed by atoms with van der Waals surface area (Å²) in [6.07, 6.45) is 1.12. The van der Waals surface area contributed by atoms with Crippen molar-refractivity contribution in [2.45, 2.75) is 45.4 Å². The lowest BCUT2D eigenvalue weighted by Crippen LogP contribution is -2.41. The SMILES string of the molecule is CCCC(=O)[C@H](N)[C@H](C)OCc1ccccc1. The molecule has 0 aliphatic heterocycles. The quantitative estimate of drug-likeness (QED) is 0.789. The number of ketones is 1. The van der Waals surface area contributed by atoms with Crippen LogP contribution in [-0.4, -0.2) is 17.9 Å². The van der Waals surface area contributed by atoms with Gasteiger partial charge in [-0.25, -0.2) is 0 Å². The second-order valence-electron chi connectivity index (χ2n) is 4.24. The van der Waals surface area contributed by atoms with E-state index in [0.29, 0.717) is 13.0 Å². The Morgan fingerprint density at radius 1 is 1.35 bits per heavy atom. The van der Waals surface area contributed by atoms with Crippen LogP contribution in [-0.2, 0) is 16.1 Å². The lowest BCUT2D eigenvalue weighted by atomic mass is 10.0. The van der Waals surface area contributed by atoms with E-state index in [4.69, 9.17) is 10.5 Å². The summed E-state index contributed by atoms with van der Waals surface area (Å²) in [5, 5.41) is 0. The predicted molar refractivity (Wildman–Crippen MR) is 68.6 cm³/mol. The van der Waals surface area contributed by atoms with Gasteiger partial charge in [-0.1, -0.05) is 37.3 Å². The number of Topliss-reactive ketones (excluding diaryl/α,β-unsaturated/α-hetero) is 1. The van der Waals surface area contributed by atoms with Crippen LogP contribution in [0.5, 0.6) is 0 Å². The Morgan fingerprint density at radius 3 is 2.59 bits per heavy atom. The average Bonchev–Trinajstić information content (AvgIpc) is 2.36. The van der Waals surface area contributed by atoms with Crippen molar-refractivity contribution in [2.75, 3.05) is 0 Å². The van der Waals surface area contributed by atoms with E-state index < -0.39 is 6.04 Å². The van der Waals surface area contributed by atoms with Gasteiger partial charge in [0.05, 0.1) is 18.8 Å². The summed E-state index contributed by atoms with van der Waals surface area (Å²) in [6.45, 7) is 4.32. The molecule has 2 atom stereocenters. The molecular formula is C14H21NO2. The van der Waals surface area contributed by atoms with Crippen molar-refractivity contribution in [3.05, 3.63) is 35.9 Å². The standard InChI is InChI=1S/C14H21NO2/c1-3-7-13(16)14(15)11(2)17-10-12-8-5-4-6-9-12/h4-6,8-9,11,14H,3,7,10,15H2,1-2H3/t11-,14+/m0/s1. The van der Waals surface area contributed by atoms with Crippen molar-refractivity contribution in [1.29, 1.82) is 0 Å². The molecule has 0 saturated carbocycles. The van der Waals surface area contributed by atoms with Crippen LogP contribution in [0, 0.1) is 0 Å². The first-order chi connectivity index (χ1) is 8.15. The van der Waals surface area contributed by atoms with Crippen LogP contribution in [0.1, 0.15) is 32.3 Å². The van der Waals surface area contributed by atoms with Gasteiger partial charge in [0.2, 0.25) is 0 Å². The third kappa shape index (κ3) is 4.67. The van der Waals surface area contributed by atoms with Crippen molar-refractivity contribution < 1.29 is 9.53 Å². The minimum absolute atomic E-state index is 0.0769. The van der Waals surface area contributed by atoms with Crippen molar-refractivity contribution in [2.24, 2.45) is 5.73 Å². The molecule has 0 heterocycles. The summed E-state index contributed by atoms with van der Waals surface area (Å²) in [5.74, 6) is 0.0769. The van der Waals surface area contributed by atoms with E-state index in [1.807, 2.05) is 44.2 Å². The Balaban J connectivity index is 2.39. The molecule has 1 rings (SSSR count).